The molecule has 0 amide bonds. The third-order valence-corrected chi connectivity index (χ3v) is 3.51. The molecule has 0 spiro atoms. The summed E-state index contributed by atoms with van der Waals surface area (Å²) in [6, 6.07) is 1.56. The zero-order valence-electron chi connectivity index (χ0n) is 7.56. The molecule has 0 aromatic carbocycles. The quantitative estimate of drug-likeness (QED) is 0.656. The van der Waals surface area contributed by atoms with Gasteiger partial charge < -0.3 is 5.32 Å². The largest absolute Gasteiger partial charge is 0.311 e. The third-order valence-electron chi connectivity index (χ3n) is 3.16. The molecule has 70 valence electrons. The number of nitrogens with one attached hydrogen (secondary N) is 1. The van der Waals surface area contributed by atoms with Gasteiger partial charge in [-0.05, 0) is 25.7 Å². The fraction of sp³-hybridized carbons (Fsp3) is 1.00. The first-order valence-electron chi connectivity index (χ1n) is 5.25. The Morgan fingerprint density at radius 1 is 0.917 bits per heavy atom. The molecule has 0 aromatic heterocycles. The molecule has 0 bridgehead atoms. The second kappa shape index (κ2) is 3.97. The lowest BCUT2D eigenvalue weighted by atomic mass is 9.88. The Kier molecular flexibility index (Phi) is 2.92. The summed E-state index contributed by atoms with van der Waals surface area (Å²) in [4.78, 5) is 0. The molecule has 0 heterocycles. The molecular formula is C10H18ClN. The van der Waals surface area contributed by atoms with Crippen LogP contribution < -0.4 is 5.32 Å². The SMILES string of the molecule is ClC1CC(NC2CCCCC2)C1. The van der Waals surface area contributed by atoms with Crippen LogP contribution in [0, 0.1) is 0 Å². The molecule has 0 saturated heterocycles. The van der Waals surface area contributed by atoms with Crippen molar-refractivity contribution in [3.05, 3.63) is 0 Å². The van der Waals surface area contributed by atoms with Gasteiger partial charge in [-0.2, -0.15) is 0 Å². The van der Waals surface area contributed by atoms with Crippen LogP contribution in [0.3, 0.4) is 0 Å². The summed E-state index contributed by atoms with van der Waals surface area (Å²) in [6.07, 6.45) is 9.47. The lowest BCUT2D eigenvalue weighted by molar-refractivity contribution is 0.270. The zero-order valence-corrected chi connectivity index (χ0v) is 8.32. The van der Waals surface area contributed by atoms with Gasteiger partial charge in [0.2, 0.25) is 0 Å². The molecule has 2 heteroatoms. The van der Waals surface area contributed by atoms with Gasteiger partial charge in [-0.25, -0.2) is 0 Å². The maximum absolute atomic E-state index is 5.92. The highest BCUT2D eigenvalue weighted by Gasteiger charge is 2.29. The lowest BCUT2D eigenvalue weighted by Gasteiger charge is -2.36. The van der Waals surface area contributed by atoms with Gasteiger partial charge in [-0.15, -0.1) is 11.6 Å². The first-order chi connectivity index (χ1) is 5.84. The average Bonchev–Trinajstić information content (AvgIpc) is 2.04. The van der Waals surface area contributed by atoms with Crippen LogP contribution in [-0.2, 0) is 0 Å². The molecule has 2 rings (SSSR count). The van der Waals surface area contributed by atoms with Crippen molar-refractivity contribution < 1.29 is 0 Å². The summed E-state index contributed by atoms with van der Waals surface area (Å²) in [6.45, 7) is 0. The van der Waals surface area contributed by atoms with E-state index in [0.717, 1.165) is 12.1 Å². The van der Waals surface area contributed by atoms with Gasteiger partial charge in [-0.1, -0.05) is 19.3 Å². The van der Waals surface area contributed by atoms with E-state index in [-0.39, 0.29) is 0 Å². The Balaban J connectivity index is 1.65. The Labute approximate surface area is 79.9 Å². The first-order valence-corrected chi connectivity index (χ1v) is 5.68. The van der Waals surface area contributed by atoms with Crippen LogP contribution in [0.15, 0.2) is 0 Å². The number of hydrogen-bond acceptors (Lipinski definition) is 1. The highest BCUT2D eigenvalue weighted by molar-refractivity contribution is 6.21. The maximum atomic E-state index is 5.92. The van der Waals surface area contributed by atoms with E-state index in [9.17, 15) is 0 Å². The third kappa shape index (κ3) is 2.14. The van der Waals surface area contributed by atoms with Crippen molar-refractivity contribution in [3.63, 3.8) is 0 Å². The molecule has 1 N–H and O–H groups in total. The van der Waals surface area contributed by atoms with Crippen molar-refractivity contribution in [1.82, 2.24) is 5.32 Å². The monoisotopic (exact) mass is 187 g/mol. The Hall–Kier alpha value is 0.250. The summed E-state index contributed by atoms with van der Waals surface area (Å²) in [5.41, 5.74) is 0. The highest BCUT2D eigenvalue weighted by atomic mass is 35.5. The van der Waals surface area contributed by atoms with Gasteiger partial charge in [-0.3, -0.25) is 0 Å². The molecule has 12 heavy (non-hydrogen) atoms. The number of halogens is 1. The van der Waals surface area contributed by atoms with Crippen molar-refractivity contribution in [2.45, 2.75) is 62.4 Å². The summed E-state index contributed by atoms with van der Waals surface area (Å²) in [5.74, 6) is 0. The molecule has 0 aliphatic heterocycles. The van der Waals surface area contributed by atoms with Crippen molar-refractivity contribution in [3.8, 4) is 0 Å². The van der Waals surface area contributed by atoms with E-state index in [0.29, 0.717) is 5.38 Å². The van der Waals surface area contributed by atoms with E-state index in [1.54, 1.807) is 0 Å². The van der Waals surface area contributed by atoms with Gasteiger partial charge >= 0.3 is 0 Å². The van der Waals surface area contributed by atoms with E-state index in [4.69, 9.17) is 11.6 Å². The normalized spacial score (nSPS) is 37.8. The predicted molar refractivity (Wildman–Crippen MR) is 52.7 cm³/mol. The highest BCUT2D eigenvalue weighted by Crippen LogP contribution is 2.27. The molecule has 2 fully saturated rings. The summed E-state index contributed by atoms with van der Waals surface area (Å²) in [7, 11) is 0. The molecule has 0 atom stereocenters. The Bertz CT molecular complexity index is 137. The maximum Gasteiger partial charge on any atom is 0.0365 e. The van der Waals surface area contributed by atoms with Crippen LogP contribution in [0.25, 0.3) is 0 Å². The average molecular weight is 188 g/mol. The molecule has 2 aliphatic carbocycles. The first kappa shape index (κ1) is 8.83. The molecule has 2 saturated carbocycles. The van der Waals surface area contributed by atoms with Gasteiger partial charge in [0.25, 0.3) is 0 Å². The van der Waals surface area contributed by atoms with Crippen LogP contribution in [-0.4, -0.2) is 17.5 Å². The molecule has 1 nitrogen and oxygen atoms in total. The van der Waals surface area contributed by atoms with Gasteiger partial charge in [0.15, 0.2) is 0 Å². The lowest BCUT2D eigenvalue weighted by Crippen LogP contribution is -2.47. The minimum atomic E-state index is 0.464. The topological polar surface area (TPSA) is 12.0 Å². The van der Waals surface area contributed by atoms with Crippen molar-refractivity contribution >= 4 is 11.6 Å². The Morgan fingerprint density at radius 3 is 2.17 bits per heavy atom. The van der Waals surface area contributed by atoms with Crippen LogP contribution in [0.1, 0.15) is 44.9 Å². The van der Waals surface area contributed by atoms with Gasteiger partial charge in [0, 0.05) is 17.5 Å². The number of rotatable bonds is 2. The molecule has 0 radical (unpaired) electrons. The summed E-state index contributed by atoms with van der Waals surface area (Å²) < 4.78 is 0. The van der Waals surface area contributed by atoms with E-state index < -0.39 is 0 Å². The minimum Gasteiger partial charge on any atom is -0.311 e. The molecule has 2 aliphatic rings. The van der Waals surface area contributed by atoms with Crippen molar-refractivity contribution in [2.24, 2.45) is 0 Å². The number of hydrogen-bond donors (Lipinski definition) is 1. The van der Waals surface area contributed by atoms with Crippen molar-refractivity contribution in [2.75, 3.05) is 0 Å². The van der Waals surface area contributed by atoms with Crippen LogP contribution in [0.4, 0.5) is 0 Å². The van der Waals surface area contributed by atoms with E-state index in [1.807, 2.05) is 0 Å². The van der Waals surface area contributed by atoms with Gasteiger partial charge in [0.05, 0.1) is 0 Å². The predicted octanol–water partition coefficient (Wildman–Crippen LogP) is 2.68. The van der Waals surface area contributed by atoms with Crippen molar-refractivity contribution in [1.29, 1.82) is 0 Å². The standard InChI is InChI=1S/C10H18ClN/c11-8-6-10(7-8)12-9-4-2-1-3-5-9/h8-10,12H,1-7H2. The number of alkyl halides is 1. The molecular weight excluding hydrogens is 170 g/mol. The van der Waals surface area contributed by atoms with Crippen LogP contribution in [0.5, 0.6) is 0 Å². The fourth-order valence-corrected chi connectivity index (χ4v) is 2.72. The molecule has 0 unspecified atom stereocenters. The second-order valence-electron chi connectivity index (χ2n) is 4.27. The van der Waals surface area contributed by atoms with E-state index in [2.05, 4.69) is 5.32 Å². The van der Waals surface area contributed by atoms with Gasteiger partial charge in [0.1, 0.15) is 0 Å². The van der Waals surface area contributed by atoms with Crippen LogP contribution in [0.2, 0.25) is 0 Å². The minimum absolute atomic E-state index is 0.464. The second-order valence-corrected chi connectivity index (χ2v) is 4.88. The smallest absolute Gasteiger partial charge is 0.0365 e. The van der Waals surface area contributed by atoms with Crippen LogP contribution >= 0.6 is 11.6 Å². The molecule has 0 aromatic rings. The summed E-state index contributed by atoms with van der Waals surface area (Å²) >= 11 is 5.92. The van der Waals surface area contributed by atoms with E-state index in [1.165, 1.54) is 44.9 Å². The Morgan fingerprint density at radius 2 is 1.58 bits per heavy atom. The fourth-order valence-electron chi connectivity index (χ4n) is 2.29. The summed E-state index contributed by atoms with van der Waals surface area (Å²) in [5, 5.41) is 4.17. The zero-order chi connectivity index (χ0) is 8.39. The van der Waals surface area contributed by atoms with E-state index >= 15 is 0 Å².